The van der Waals surface area contributed by atoms with E-state index in [-0.39, 0.29) is 5.97 Å². The molecule has 0 aromatic heterocycles. The molecule has 0 saturated heterocycles. The number of hydrogen-bond donors (Lipinski definition) is 0. The van der Waals surface area contributed by atoms with Crippen LogP contribution in [0.15, 0.2) is 11.6 Å². The van der Waals surface area contributed by atoms with Crippen LogP contribution in [0.3, 0.4) is 0 Å². The Bertz CT molecular complexity index is 176. The summed E-state index contributed by atoms with van der Waals surface area (Å²) in [7, 11) is 0. The lowest BCUT2D eigenvalue weighted by atomic mass is 10.2. The number of carbonyl (C=O) groups excluding carboxylic acids is 1. The molecule has 0 amide bonds. The summed E-state index contributed by atoms with van der Waals surface area (Å²) in [6, 6.07) is 0. The van der Waals surface area contributed by atoms with Gasteiger partial charge in [-0.2, -0.15) is 0 Å². The summed E-state index contributed by atoms with van der Waals surface area (Å²) in [6.45, 7) is 4.60. The van der Waals surface area contributed by atoms with Crippen LogP contribution in [0.4, 0.5) is 0 Å². The van der Waals surface area contributed by atoms with Gasteiger partial charge >= 0.3 is 5.97 Å². The van der Waals surface area contributed by atoms with Gasteiger partial charge in [-0.3, -0.25) is 0 Å². The molecule has 0 N–H and O–H groups in total. The molecule has 2 nitrogen and oxygen atoms in total. The van der Waals surface area contributed by atoms with Gasteiger partial charge in [0.05, 0.1) is 6.61 Å². The molecule has 0 heterocycles. The smallest absolute Gasteiger partial charge is 0.334 e. The highest BCUT2D eigenvalue weighted by molar-refractivity contribution is 9.09. The van der Waals surface area contributed by atoms with Gasteiger partial charge in [0.1, 0.15) is 0 Å². The monoisotopic (exact) mass is 248 g/mol. The molecule has 13 heavy (non-hydrogen) atoms. The zero-order valence-electron chi connectivity index (χ0n) is 8.31. The van der Waals surface area contributed by atoms with E-state index in [1.165, 1.54) is 0 Å². The van der Waals surface area contributed by atoms with Crippen LogP contribution >= 0.6 is 15.9 Å². The van der Waals surface area contributed by atoms with E-state index in [9.17, 15) is 4.79 Å². The van der Waals surface area contributed by atoms with Crippen molar-refractivity contribution < 1.29 is 9.53 Å². The molecule has 0 aliphatic heterocycles. The van der Waals surface area contributed by atoms with E-state index in [1.54, 1.807) is 0 Å². The molecule has 0 saturated carbocycles. The van der Waals surface area contributed by atoms with Crippen molar-refractivity contribution in [2.45, 2.75) is 33.1 Å². The van der Waals surface area contributed by atoms with Crippen molar-refractivity contribution in [2.24, 2.45) is 0 Å². The van der Waals surface area contributed by atoms with Crippen LogP contribution in [0.2, 0.25) is 0 Å². The predicted molar refractivity (Wildman–Crippen MR) is 58.0 cm³/mol. The number of allylic oxidation sites excluding steroid dienone is 1. The van der Waals surface area contributed by atoms with Gasteiger partial charge in [-0.05, 0) is 12.8 Å². The molecule has 0 aliphatic rings. The van der Waals surface area contributed by atoms with E-state index in [1.807, 2.05) is 13.0 Å². The van der Waals surface area contributed by atoms with Crippen LogP contribution in [0.25, 0.3) is 0 Å². The summed E-state index contributed by atoms with van der Waals surface area (Å²) < 4.78 is 5.05. The Hall–Kier alpha value is -0.310. The zero-order chi connectivity index (χ0) is 10.1. The second-order valence-corrected chi connectivity index (χ2v) is 3.32. The number of rotatable bonds is 6. The minimum absolute atomic E-state index is 0.188. The number of halogens is 1. The zero-order valence-corrected chi connectivity index (χ0v) is 9.89. The Kier molecular flexibility index (Phi) is 8.10. The Balaban J connectivity index is 3.85. The lowest BCUT2D eigenvalue weighted by Crippen LogP contribution is -2.09. The van der Waals surface area contributed by atoms with Gasteiger partial charge in [0.25, 0.3) is 0 Å². The van der Waals surface area contributed by atoms with E-state index in [0.717, 1.165) is 24.8 Å². The Morgan fingerprint density at radius 2 is 2.15 bits per heavy atom. The number of alkyl halides is 1. The van der Waals surface area contributed by atoms with Gasteiger partial charge < -0.3 is 4.74 Å². The van der Waals surface area contributed by atoms with Crippen LogP contribution in [0.5, 0.6) is 0 Å². The summed E-state index contributed by atoms with van der Waals surface area (Å²) in [5.41, 5.74) is 0.721. The van der Waals surface area contributed by atoms with Crippen LogP contribution in [-0.4, -0.2) is 17.9 Å². The summed E-state index contributed by atoms with van der Waals surface area (Å²) in [5, 5.41) is 0.575. The number of esters is 1. The summed E-state index contributed by atoms with van der Waals surface area (Å²) in [6.07, 6.45) is 4.74. The minimum Gasteiger partial charge on any atom is -0.462 e. The van der Waals surface area contributed by atoms with Crippen molar-refractivity contribution in [3.63, 3.8) is 0 Å². The molecular weight excluding hydrogens is 232 g/mol. The predicted octanol–water partition coefficient (Wildman–Crippen LogP) is 3.06. The summed E-state index contributed by atoms with van der Waals surface area (Å²) in [5.74, 6) is -0.188. The first-order valence-corrected chi connectivity index (χ1v) is 5.80. The maximum Gasteiger partial charge on any atom is 0.334 e. The van der Waals surface area contributed by atoms with Crippen molar-refractivity contribution in [2.75, 3.05) is 11.9 Å². The molecule has 0 aliphatic carbocycles. The Morgan fingerprint density at radius 1 is 1.46 bits per heavy atom. The molecule has 0 bridgehead atoms. The Morgan fingerprint density at radius 3 is 2.62 bits per heavy atom. The highest BCUT2D eigenvalue weighted by Gasteiger charge is 2.07. The van der Waals surface area contributed by atoms with Crippen LogP contribution in [-0.2, 0) is 9.53 Å². The van der Waals surface area contributed by atoms with Crippen LogP contribution in [0, 0.1) is 0 Å². The van der Waals surface area contributed by atoms with Gasteiger partial charge in [-0.25, -0.2) is 4.79 Å². The largest absolute Gasteiger partial charge is 0.462 e. The van der Waals surface area contributed by atoms with E-state index in [4.69, 9.17) is 4.74 Å². The SMILES string of the molecule is CCC=C(CBr)C(=O)OCCCC. The second-order valence-electron chi connectivity index (χ2n) is 2.76. The third-order valence-corrected chi connectivity index (χ3v) is 2.19. The lowest BCUT2D eigenvalue weighted by Gasteiger charge is -2.04. The molecule has 0 unspecified atom stereocenters. The molecule has 0 radical (unpaired) electrons. The molecule has 0 fully saturated rings. The lowest BCUT2D eigenvalue weighted by molar-refractivity contribution is -0.139. The summed E-state index contributed by atoms with van der Waals surface area (Å²) in [4.78, 5) is 11.3. The standard InChI is InChI=1S/C10H17BrO2/c1-3-5-7-13-10(12)9(8-11)6-4-2/h6H,3-5,7-8H2,1-2H3. The van der Waals surface area contributed by atoms with E-state index in [2.05, 4.69) is 22.9 Å². The first-order valence-electron chi connectivity index (χ1n) is 4.68. The second kappa shape index (κ2) is 8.30. The molecular formula is C10H17BrO2. The fourth-order valence-corrected chi connectivity index (χ4v) is 1.30. The molecule has 0 rings (SSSR count). The number of unbranched alkanes of at least 4 members (excludes halogenated alkanes) is 1. The first-order chi connectivity index (χ1) is 6.26. The van der Waals surface area contributed by atoms with Gasteiger partial charge in [-0.1, -0.05) is 42.3 Å². The molecule has 0 spiro atoms. The van der Waals surface area contributed by atoms with Crippen molar-refractivity contribution in [1.82, 2.24) is 0 Å². The van der Waals surface area contributed by atoms with Crippen molar-refractivity contribution in [3.8, 4) is 0 Å². The normalized spacial score (nSPS) is 11.5. The molecule has 0 aromatic carbocycles. The van der Waals surface area contributed by atoms with E-state index >= 15 is 0 Å². The molecule has 0 aromatic rings. The average Bonchev–Trinajstić information content (AvgIpc) is 2.14. The fraction of sp³-hybridized carbons (Fsp3) is 0.700. The van der Waals surface area contributed by atoms with Crippen molar-refractivity contribution >= 4 is 21.9 Å². The highest BCUT2D eigenvalue weighted by Crippen LogP contribution is 2.04. The third-order valence-electron chi connectivity index (χ3n) is 1.59. The number of carbonyl (C=O) groups is 1. The van der Waals surface area contributed by atoms with E-state index < -0.39 is 0 Å². The maximum absolute atomic E-state index is 11.3. The third kappa shape index (κ3) is 5.86. The quantitative estimate of drug-likeness (QED) is 0.313. The summed E-state index contributed by atoms with van der Waals surface area (Å²) >= 11 is 3.26. The first kappa shape index (κ1) is 12.7. The van der Waals surface area contributed by atoms with Crippen LogP contribution in [0.1, 0.15) is 33.1 Å². The maximum atomic E-state index is 11.3. The van der Waals surface area contributed by atoms with Gasteiger partial charge in [0, 0.05) is 10.9 Å². The molecule has 0 atom stereocenters. The number of hydrogen-bond acceptors (Lipinski definition) is 2. The molecule has 3 heteroatoms. The fourth-order valence-electron chi connectivity index (χ4n) is 0.841. The van der Waals surface area contributed by atoms with Gasteiger partial charge in [-0.15, -0.1) is 0 Å². The topological polar surface area (TPSA) is 26.3 Å². The van der Waals surface area contributed by atoms with Crippen molar-refractivity contribution in [3.05, 3.63) is 11.6 Å². The van der Waals surface area contributed by atoms with Gasteiger partial charge in [0.2, 0.25) is 0 Å². The van der Waals surface area contributed by atoms with E-state index in [0.29, 0.717) is 11.9 Å². The highest BCUT2D eigenvalue weighted by atomic mass is 79.9. The van der Waals surface area contributed by atoms with Crippen molar-refractivity contribution in [1.29, 1.82) is 0 Å². The average molecular weight is 249 g/mol. The van der Waals surface area contributed by atoms with Crippen LogP contribution < -0.4 is 0 Å². The Labute approximate surface area is 88.5 Å². The van der Waals surface area contributed by atoms with Gasteiger partial charge in [0.15, 0.2) is 0 Å². The number of ether oxygens (including phenoxy) is 1. The minimum atomic E-state index is -0.188. The molecule has 76 valence electrons.